The number of phenols is 1. The van der Waals surface area contributed by atoms with Crippen LogP contribution in [0, 0.1) is 17.8 Å². The molecular weight excluding hydrogens is 464 g/mol. The number of hydrogen-bond acceptors (Lipinski definition) is 8. The third-order valence-corrected chi connectivity index (χ3v) is 8.44. The van der Waals surface area contributed by atoms with Crippen LogP contribution in [-0.2, 0) is 14.4 Å². The van der Waals surface area contributed by atoms with Crippen LogP contribution in [0.15, 0.2) is 41.2 Å². The van der Waals surface area contributed by atoms with Crippen LogP contribution in [0.4, 0.5) is 0 Å². The van der Waals surface area contributed by atoms with Crippen molar-refractivity contribution in [3.05, 3.63) is 57.9 Å². The summed E-state index contributed by atoms with van der Waals surface area (Å²) in [5.41, 5.74) is 5.91. The van der Waals surface area contributed by atoms with Crippen molar-refractivity contribution < 1.29 is 34.8 Å². The Bertz CT molecular complexity index is 1290. The number of Topliss-reactive ketones (excluding diaryl/α,β-unsaturated/α-hetero) is 2. The average molecular weight is 495 g/mol. The zero-order valence-corrected chi connectivity index (χ0v) is 20.3. The van der Waals surface area contributed by atoms with Crippen molar-refractivity contribution in [3.8, 4) is 5.75 Å². The van der Waals surface area contributed by atoms with Gasteiger partial charge in [0.05, 0.1) is 23.6 Å². The quantitative estimate of drug-likeness (QED) is 0.241. The second-order valence-electron chi connectivity index (χ2n) is 10.5. The number of likely N-dealkylation sites (N-methyl/N-ethyl adjacent to an activating group) is 1. The summed E-state index contributed by atoms with van der Waals surface area (Å²) in [6.07, 6.45) is 4.39. The van der Waals surface area contributed by atoms with Crippen LogP contribution >= 0.6 is 0 Å². The molecule has 36 heavy (non-hydrogen) atoms. The van der Waals surface area contributed by atoms with Gasteiger partial charge in [-0.05, 0) is 38.4 Å². The van der Waals surface area contributed by atoms with E-state index in [1.807, 2.05) is 18.2 Å². The van der Waals surface area contributed by atoms with E-state index in [4.69, 9.17) is 5.73 Å². The third kappa shape index (κ3) is 3.12. The molecule has 6 N–H and O–H groups in total. The standard InChI is InChI=1S/C27H30N2O7/c1-10-12-8-9-13(11-6-4-5-7-11)21(30)15(12)23(32)17-14(10)22(31)16-18(24(17)33)25(34)19(27(28)36)26(35)20(16)29(2)3/h4,6,8-11,14,16,18,20,22,30-32,35H,5,7H2,1-3H3,(H2,28,36)/t10-,11?,14?,16?,18?,20-,22-/m0/s1. The van der Waals surface area contributed by atoms with E-state index in [-0.39, 0.29) is 22.8 Å². The molecule has 0 saturated heterocycles. The number of nitrogens with two attached hydrogens (primary N) is 1. The van der Waals surface area contributed by atoms with Gasteiger partial charge in [-0.2, -0.15) is 0 Å². The molecule has 0 spiro atoms. The Hall–Kier alpha value is -3.43. The summed E-state index contributed by atoms with van der Waals surface area (Å²) in [5, 5.41) is 45.0. The van der Waals surface area contributed by atoms with Crippen LogP contribution in [0.25, 0.3) is 5.76 Å². The molecule has 0 heterocycles. The average Bonchev–Trinajstić information content (AvgIpc) is 3.33. The fourth-order valence-corrected chi connectivity index (χ4v) is 6.82. The molecular formula is C27H30N2O7. The van der Waals surface area contributed by atoms with Crippen LogP contribution in [0.5, 0.6) is 5.75 Å². The molecule has 1 aromatic carbocycles. The number of aliphatic hydroxyl groups excluding tert-OH is 3. The lowest BCUT2D eigenvalue weighted by Gasteiger charge is -2.50. The van der Waals surface area contributed by atoms with Gasteiger partial charge in [-0.3, -0.25) is 19.3 Å². The minimum absolute atomic E-state index is 0.0230. The van der Waals surface area contributed by atoms with E-state index in [1.54, 1.807) is 27.1 Å². The number of phenolic OH excluding ortho intramolecular Hbond substituents is 1. The maximum Gasteiger partial charge on any atom is 0.255 e. The molecule has 4 aliphatic carbocycles. The number of ketones is 2. The lowest BCUT2D eigenvalue weighted by atomic mass is 9.56. The number of fused-ring (bicyclic) bond motifs is 3. The molecule has 190 valence electrons. The van der Waals surface area contributed by atoms with Crippen molar-refractivity contribution in [1.29, 1.82) is 0 Å². The summed E-state index contributed by atoms with van der Waals surface area (Å²) < 4.78 is 0. The van der Waals surface area contributed by atoms with Crippen LogP contribution in [0.3, 0.4) is 0 Å². The first-order chi connectivity index (χ1) is 17.0. The molecule has 4 unspecified atom stereocenters. The Morgan fingerprint density at radius 2 is 1.75 bits per heavy atom. The number of aromatic hydroxyl groups is 1. The topological polar surface area (TPSA) is 161 Å². The number of hydrogen-bond donors (Lipinski definition) is 5. The van der Waals surface area contributed by atoms with Crippen LogP contribution in [-0.4, -0.2) is 69.0 Å². The van der Waals surface area contributed by atoms with Crippen molar-refractivity contribution in [2.75, 3.05) is 14.1 Å². The minimum atomic E-state index is -1.52. The van der Waals surface area contributed by atoms with Gasteiger partial charge in [0.2, 0.25) is 0 Å². The van der Waals surface area contributed by atoms with Gasteiger partial charge in [0, 0.05) is 28.9 Å². The molecule has 4 aliphatic rings. The first kappa shape index (κ1) is 24.3. The molecule has 5 rings (SSSR count). The number of allylic oxidation sites excluding steroid dienone is 2. The molecule has 1 aromatic rings. The molecule has 1 amide bonds. The summed E-state index contributed by atoms with van der Waals surface area (Å²) in [7, 11) is 3.20. The largest absolute Gasteiger partial charge is 0.510 e. The van der Waals surface area contributed by atoms with Crippen molar-refractivity contribution in [2.45, 2.75) is 43.7 Å². The van der Waals surface area contributed by atoms with Gasteiger partial charge in [-0.1, -0.05) is 31.2 Å². The normalized spacial score (nSPS) is 33.6. The van der Waals surface area contributed by atoms with Crippen LogP contribution in [0.1, 0.15) is 48.3 Å². The lowest BCUT2D eigenvalue weighted by Crippen LogP contribution is -2.61. The molecule has 0 aliphatic heterocycles. The van der Waals surface area contributed by atoms with Crippen molar-refractivity contribution in [2.24, 2.45) is 23.5 Å². The number of primary amides is 1. The van der Waals surface area contributed by atoms with Gasteiger partial charge < -0.3 is 26.2 Å². The SMILES string of the molecule is C[C@H]1c2ccc(C3C=CCC3)c(O)c2C(O)=C2C(=O)C3C(=O)C(C(N)=O)=C(O)[C@@H](N(C)C)C3[C@@H](O)C21. The maximum absolute atomic E-state index is 13.9. The summed E-state index contributed by atoms with van der Waals surface area (Å²) in [6, 6.07) is 2.59. The Balaban J connectivity index is 1.71. The maximum atomic E-state index is 13.9. The van der Waals surface area contributed by atoms with E-state index < -0.39 is 70.4 Å². The Morgan fingerprint density at radius 3 is 2.33 bits per heavy atom. The molecule has 0 bridgehead atoms. The number of aliphatic hydroxyl groups is 3. The number of rotatable bonds is 3. The highest BCUT2D eigenvalue weighted by molar-refractivity contribution is 6.28. The molecule has 1 fully saturated rings. The van der Waals surface area contributed by atoms with E-state index in [0.29, 0.717) is 11.1 Å². The highest BCUT2D eigenvalue weighted by Crippen LogP contribution is 2.55. The molecule has 9 heteroatoms. The molecule has 0 radical (unpaired) electrons. The van der Waals surface area contributed by atoms with Crippen molar-refractivity contribution >= 4 is 23.2 Å². The van der Waals surface area contributed by atoms with E-state index in [1.165, 1.54) is 4.90 Å². The summed E-state index contributed by atoms with van der Waals surface area (Å²) in [5.74, 6) is -8.03. The number of amides is 1. The smallest absolute Gasteiger partial charge is 0.255 e. The van der Waals surface area contributed by atoms with Crippen molar-refractivity contribution in [1.82, 2.24) is 4.90 Å². The first-order valence-electron chi connectivity index (χ1n) is 12.1. The molecule has 0 aromatic heterocycles. The molecule has 9 nitrogen and oxygen atoms in total. The number of nitrogens with zero attached hydrogens (tertiary/aromatic N) is 1. The van der Waals surface area contributed by atoms with Crippen molar-refractivity contribution in [3.63, 3.8) is 0 Å². The summed E-state index contributed by atoms with van der Waals surface area (Å²) >= 11 is 0. The zero-order chi connectivity index (χ0) is 26.2. The summed E-state index contributed by atoms with van der Waals surface area (Å²) in [4.78, 5) is 40.8. The van der Waals surface area contributed by atoms with Gasteiger partial charge in [0.25, 0.3) is 5.91 Å². The van der Waals surface area contributed by atoms with Gasteiger partial charge >= 0.3 is 0 Å². The first-order valence-corrected chi connectivity index (χ1v) is 12.1. The van der Waals surface area contributed by atoms with Gasteiger partial charge in [-0.15, -0.1) is 0 Å². The fraction of sp³-hybridized carbons (Fsp3) is 0.444. The number of carbonyl (C=O) groups is 3. The van der Waals surface area contributed by atoms with E-state index in [9.17, 15) is 34.8 Å². The second-order valence-corrected chi connectivity index (χ2v) is 10.5. The minimum Gasteiger partial charge on any atom is -0.510 e. The second kappa shape index (κ2) is 8.31. The van der Waals surface area contributed by atoms with E-state index in [2.05, 4.69) is 0 Å². The highest BCUT2D eigenvalue weighted by atomic mass is 16.3. The number of carbonyl (C=O) groups excluding carboxylic acids is 3. The molecule has 1 saturated carbocycles. The van der Waals surface area contributed by atoms with E-state index >= 15 is 0 Å². The zero-order valence-electron chi connectivity index (χ0n) is 20.3. The Morgan fingerprint density at radius 1 is 1.08 bits per heavy atom. The van der Waals surface area contributed by atoms with Crippen LogP contribution < -0.4 is 5.73 Å². The predicted octanol–water partition coefficient (Wildman–Crippen LogP) is 1.81. The molecule has 7 atom stereocenters. The monoisotopic (exact) mass is 494 g/mol. The van der Waals surface area contributed by atoms with Gasteiger partial charge in [0.15, 0.2) is 11.6 Å². The Labute approximate surface area is 208 Å². The third-order valence-electron chi connectivity index (χ3n) is 8.44. The highest BCUT2D eigenvalue weighted by Gasteiger charge is 2.60. The predicted molar refractivity (Wildman–Crippen MR) is 130 cm³/mol. The van der Waals surface area contributed by atoms with Gasteiger partial charge in [-0.25, -0.2) is 0 Å². The van der Waals surface area contributed by atoms with Gasteiger partial charge in [0.1, 0.15) is 22.8 Å². The van der Waals surface area contributed by atoms with E-state index in [0.717, 1.165) is 12.8 Å². The lowest BCUT2D eigenvalue weighted by molar-refractivity contribution is -0.143. The fourth-order valence-electron chi connectivity index (χ4n) is 6.82. The van der Waals surface area contributed by atoms with Crippen LogP contribution in [0.2, 0.25) is 0 Å². The Kier molecular flexibility index (Phi) is 5.61. The summed E-state index contributed by atoms with van der Waals surface area (Å²) in [6.45, 7) is 1.79. The number of benzene rings is 1.